The van der Waals surface area contributed by atoms with Crippen LogP contribution in [0.4, 0.5) is 0 Å². The van der Waals surface area contributed by atoms with Gasteiger partial charge in [-0.25, -0.2) is 0 Å². The Bertz CT molecular complexity index is 456. The minimum Gasteiger partial charge on any atom is -0.307 e. The summed E-state index contributed by atoms with van der Waals surface area (Å²) in [6.07, 6.45) is 8.68. The second-order valence-electron chi connectivity index (χ2n) is 6.64. The summed E-state index contributed by atoms with van der Waals surface area (Å²) in [7, 11) is 0. The van der Waals surface area contributed by atoms with E-state index in [2.05, 4.69) is 73.4 Å². The highest BCUT2D eigenvalue weighted by atomic mass is 79.9. The summed E-state index contributed by atoms with van der Waals surface area (Å²) in [5.74, 6) is 0.436. The van der Waals surface area contributed by atoms with Crippen LogP contribution in [0.5, 0.6) is 0 Å². The summed E-state index contributed by atoms with van der Waals surface area (Å²) in [6, 6.07) is 0.862. The standard InChI is InChI=1S/C17H24BrN/c1-11(2)9-15-16-12(3)14(18)8-6-7-13(19-15)10-17(16,4)5/h6-8,13,15-16,19H,1,3,9-10H2,2,4-5H3/b7-6-,14-8+. The highest BCUT2D eigenvalue weighted by molar-refractivity contribution is 9.12. The fraction of sp³-hybridized carbons (Fsp3) is 0.529. The minimum absolute atomic E-state index is 0.245. The van der Waals surface area contributed by atoms with Crippen LogP contribution in [-0.4, -0.2) is 12.1 Å². The summed E-state index contributed by atoms with van der Waals surface area (Å²) in [5, 5.41) is 3.77. The molecule has 1 aliphatic carbocycles. The van der Waals surface area contributed by atoms with Gasteiger partial charge in [-0.1, -0.05) is 54.1 Å². The molecular formula is C17H24BrN. The van der Waals surface area contributed by atoms with Crippen LogP contribution in [0.2, 0.25) is 0 Å². The Balaban J connectivity index is 2.44. The molecule has 1 N–H and O–H groups in total. The summed E-state index contributed by atoms with van der Waals surface area (Å²) < 4.78 is 1.12. The van der Waals surface area contributed by atoms with Gasteiger partial charge in [0.15, 0.2) is 0 Å². The van der Waals surface area contributed by atoms with Crippen molar-refractivity contribution in [2.75, 3.05) is 0 Å². The molecular weight excluding hydrogens is 298 g/mol. The Hall–Kier alpha value is -0.600. The van der Waals surface area contributed by atoms with Gasteiger partial charge in [-0.05, 0) is 36.8 Å². The number of halogens is 1. The van der Waals surface area contributed by atoms with Gasteiger partial charge < -0.3 is 5.32 Å². The van der Waals surface area contributed by atoms with Crippen molar-refractivity contribution in [2.24, 2.45) is 11.3 Å². The van der Waals surface area contributed by atoms with Crippen molar-refractivity contribution in [3.05, 3.63) is 47.0 Å². The Morgan fingerprint density at radius 1 is 1.53 bits per heavy atom. The zero-order valence-electron chi connectivity index (χ0n) is 12.2. The van der Waals surface area contributed by atoms with E-state index in [4.69, 9.17) is 0 Å². The average molecular weight is 322 g/mol. The van der Waals surface area contributed by atoms with Crippen molar-refractivity contribution in [2.45, 2.75) is 45.7 Å². The molecule has 0 aromatic rings. The van der Waals surface area contributed by atoms with Crippen LogP contribution >= 0.6 is 15.9 Å². The van der Waals surface area contributed by atoms with Gasteiger partial charge in [0.2, 0.25) is 0 Å². The molecule has 3 rings (SSSR count). The average Bonchev–Trinajstić information content (AvgIpc) is 2.31. The van der Waals surface area contributed by atoms with E-state index >= 15 is 0 Å². The van der Waals surface area contributed by atoms with E-state index in [9.17, 15) is 0 Å². The van der Waals surface area contributed by atoms with Crippen LogP contribution in [0.3, 0.4) is 0 Å². The molecule has 2 heteroatoms. The molecule has 104 valence electrons. The highest BCUT2D eigenvalue weighted by Crippen LogP contribution is 2.46. The minimum atomic E-state index is 0.245. The normalized spacial score (nSPS) is 37.8. The van der Waals surface area contributed by atoms with Gasteiger partial charge >= 0.3 is 0 Å². The number of allylic oxidation sites excluding steroid dienone is 3. The molecule has 0 aromatic heterocycles. The first-order chi connectivity index (χ1) is 8.81. The molecule has 2 aliphatic heterocycles. The molecule has 0 amide bonds. The third kappa shape index (κ3) is 3.11. The molecule has 0 spiro atoms. The van der Waals surface area contributed by atoms with Crippen LogP contribution in [0, 0.1) is 11.3 Å². The maximum atomic E-state index is 4.35. The van der Waals surface area contributed by atoms with Gasteiger partial charge in [0.25, 0.3) is 0 Å². The van der Waals surface area contributed by atoms with Gasteiger partial charge in [-0.3, -0.25) is 0 Å². The second-order valence-corrected chi connectivity index (χ2v) is 7.49. The zero-order valence-corrected chi connectivity index (χ0v) is 13.8. The van der Waals surface area contributed by atoms with Crippen LogP contribution < -0.4 is 5.32 Å². The van der Waals surface area contributed by atoms with Gasteiger partial charge in [0.05, 0.1) is 0 Å². The van der Waals surface area contributed by atoms with Crippen LogP contribution in [0.15, 0.2) is 47.0 Å². The maximum Gasteiger partial charge on any atom is 0.0261 e. The summed E-state index contributed by atoms with van der Waals surface area (Å²) in [6.45, 7) is 15.3. The number of hydrogen-bond acceptors (Lipinski definition) is 1. The lowest BCUT2D eigenvalue weighted by Gasteiger charge is -2.48. The molecule has 0 radical (unpaired) electrons. The molecule has 3 unspecified atom stereocenters. The van der Waals surface area contributed by atoms with Crippen molar-refractivity contribution in [3.63, 3.8) is 0 Å². The Morgan fingerprint density at radius 2 is 2.21 bits per heavy atom. The molecule has 1 saturated heterocycles. The van der Waals surface area contributed by atoms with Crippen molar-refractivity contribution in [3.8, 4) is 0 Å². The van der Waals surface area contributed by atoms with Crippen LogP contribution in [-0.2, 0) is 0 Å². The molecule has 1 nitrogen and oxygen atoms in total. The Kier molecular flexibility index (Phi) is 4.22. The molecule has 0 saturated carbocycles. The van der Waals surface area contributed by atoms with E-state index < -0.39 is 0 Å². The fourth-order valence-electron chi connectivity index (χ4n) is 3.59. The number of nitrogens with one attached hydrogen (secondary N) is 1. The summed E-state index contributed by atoms with van der Waals surface area (Å²) >= 11 is 3.68. The smallest absolute Gasteiger partial charge is 0.0261 e. The molecule has 2 bridgehead atoms. The van der Waals surface area contributed by atoms with Crippen LogP contribution in [0.1, 0.15) is 33.6 Å². The van der Waals surface area contributed by atoms with Gasteiger partial charge in [-0.2, -0.15) is 0 Å². The third-order valence-corrected chi connectivity index (χ3v) is 5.03. The Labute approximate surface area is 125 Å². The summed E-state index contributed by atoms with van der Waals surface area (Å²) in [4.78, 5) is 0. The predicted octanol–water partition coefficient (Wildman–Crippen LogP) is 4.73. The molecule has 2 heterocycles. The van der Waals surface area contributed by atoms with Gasteiger partial charge in [0.1, 0.15) is 0 Å². The number of rotatable bonds is 2. The van der Waals surface area contributed by atoms with Crippen LogP contribution in [0.25, 0.3) is 0 Å². The lowest BCUT2D eigenvalue weighted by Crippen LogP contribution is -2.54. The topological polar surface area (TPSA) is 12.0 Å². The van der Waals surface area contributed by atoms with E-state index in [0.717, 1.165) is 17.3 Å². The monoisotopic (exact) mass is 321 g/mol. The van der Waals surface area contributed by atoms with E-state index in [-0.39, 0.29) is 5.41 Å². The van der Waals surface area contributed by atoms with E-state index in [0.29, 0.717) is 18.0 Å². The third-order valence-electron chi connectivity index (χ3n) is 4.25. The number of hydrogen-bond donors (Lipinski definition) is 1. The zero-order chi connectivity index (χ0) is 14.2. The largest absolute Gasteiger partial charge is 0.307 e. The fourth-order valence-corrected chi connectivity index (χ4v) is 3.99. The summed E-state index contributed by atoms with van der Waals surface area (Å²) in [5.41, 5.74) is 2.68. The van der Waals surface area contributed by atoms with E-state index in [1.807, 2.05) is 0 Å². The first-order valence-corrected chi connectivity index (χ1v) is 7.74. The van der Waals surface area contributed by atoms with Crippen molar-refractivity contribution >= 4 is 15.9 Å². The molecule has 0 aromatic carbocycles. The Morgan fingerprint density at radius 3 is 2.84 bits per heavy atom. The molecule has 19 heavy (non-hydrogen) atoms. The SMILES string of the molecule is C=C(C)CC1NC2/C=C\C=C(\Br)C(=C)C1C(C)(C)C2. The number of fused-ring (bicyclic) bond motifs is 4. The first-order valence-electron chi connectivity index (χ1n) is 6.95. The number of piperidine rings is 1. The predicted molar refractivity (Wildman–Crippen MR) is 87.3 cm³/mol. The second kappa shape index (κ2) is 5.41. The highest BCUT2D eigenvalue weighted by Gasteiger charge is 2.43. The van der Waals surface area contributed by atoms with Crippen molar-refractivity contribution < 1.29 is 0 Å². The lowest BCUT2D eigenvalue weighted by atomic mass is 9.64. The van der Waals surface area contributed by atoms with Crippen molar-refractivity contribution in [1.29, 1.82) is 0 Å². The lowest BCUT2D eigenvalue weighted by molar-refractivity contribution is 0.115. The molecule has 1 fully saturated rings. The van der Waals surface area contributed by atoms with E-state index in [1.54, 1.807) is 0 Å². The first kappa shape index (κ1) is 14.8. The molecule has 3 aliphatic rings. The maximum absolute atomic E-state index is 4.35. The quantitative estimate of drug-likeness (QED) is 0.725. The van der Waals surface area contributed by atoms with Gasteiger partial charge in [-0.15, -0.1) is 6.58 Å². The van der Waals surface area contributed by atoms with Gasteiger partial charge in [0, 0.05) is 22.5 Å². The van der Waals surface area contributed by atoms with E-state index in [1.165, 1.54) is 11.1 Å². The molecule has 3 atom stereocenters. The van der Waals surface area contributed by atoms with Crippen molar-refractivity contribution in [1.82, 2.24) is 5.32 Å².